The molecule has 2 aromatic carbocycles. The summed E-state index contributed by atoms with van der Waals surface area (Å²) >= 11 is 0. The molecule has 5 rings (SSSR count). The van der Waals surface area contributed by atoms with E-state index in [4.69, 9.17) is 5.10 Å². The van der Waals surface area contributed by atoms with E-state index in [1.807, 2.05) is 23.7 Å². The summed E-state index contributed by atoms with van der Waals surface area (Å²) in [4.78, 5) is 10.8. The lowest BCUT2D eigenvalue weighted by Gasteiger charge is -2.09. The third kappa shape index (κ3) is 2.91. The Labute approximate surface area is 179 Å². The van der Waals surface area contributed by atoms with Gasteiger partial charge in [-0.3, -0.25) is 10.1 Å². The molecular weight excluding hydrogens is 388 g/mol. The average Bonchev–Trinajstić information content (AvgIpc) is 3.28. The second-order valence-electron chi connectivity index (χ2n) is 8.04. The molecule has 0 radical (unpaired) electrons. The minimum Gasteiger partial charge on any atom is -0.317 e. The minimum atomic E-state index is -0.366. The average molecular weight is 410 g/mol. The van der Waals surface area contributed by atoms with Crippen molar-refractivity contribution in [3.8, 4) is 16.8 Å². The zero-order chi connectivity index (χ0) is 21.9. The lowest BCUT2D eigenvalue weighted by atomic mass is 10.1. The van der Waals surface area contributed by atoms with E-state index in [9.17, 15) is 10.1 Å². The maximum Gasteiger partial charge on any atom is 0.270 e. The van der Waals surface area contributed by atoms with E-state index < -0.39 is 0 Å². The lowest BCUT2D eigenvalue weighted by Crippen LogP contribution is -1.98. The fraction of sp³-hybridized carbons (Fsp3) is 0.160. The van der Waals surface area contributed by atoms with Crippen LogP contribution in [-0.4, -0.2) is 19.1 Å². The van der Waals surface area contributed by atoms with Gasteiger partial charge < -0.3 is 4.57 Å². The van der Waals surface area contributed by atoms with E-state index in [1.54, 1.807) is 12.1 Å². The topological polar surface area (TPSA) is 65.4 Å². The fourth-order valence-electron chi connectivity index (χ4n) is 4.56. The number of nitrogens with zero attached hydrogens (tertiary/aromatic N) is 4. The maximum absolute atomic E-state index is 11.2. The van der Waals surface area contributed by atoms with Crippen molar-refractivity contribution >= 4 is 22.0 Å². The van der Waals surface area contributed by atoms with Gasteiger partial charge in [0, 0.05) is 51.7 Å². The molecule has 0 saturated heterocycles. The molecule has 6 nitrogen and oxygen atoms in total. The van der Waals surface area contributed by atoms with Crippen molar-refractivity contribution in [2.75, 3.05) is 0 Å². The highest BCUT2D eigenvalue weighted by Crippen LogP contribution is 2.35. The summed E-state index contributed by atoms with van der Waals surface area (Å²) in [5, 5.41) is 18.3. The normalized spacial score (nSPS) is 11.5. The van der Waals surface area contributed by atoms with E-state index in [0.29, 0.717) is 0 Å². The van der Waals surface area contributed by atoms with Crippen LogP contribution in [0.25, 0.3) is 33.1 Å². The number of aromatic nitrogens is 3. The molecule has 0 aliphatic carbocycles. The Balaban J connectivity index is 1.79. The first-order valence-corrected chi connectivity index (χ1v) is 10.2. The Hall–Kier alpha value is -3.93. The molecule has 3 heterocycles. The molecule has 0 bridgehead atoms. The number of rotatable bonds is 3. The fourth-order valence-corrected chi connectivity index (χ4v) is 4.56. The standard InChI is InChI=1S/C25H22N4O2/c1-15-8-10-21(11-9-15)28-17(3)24-16(2)26-27-14-20(13-23(27)25(24)18(28)4)19-6-5-7-22(12-19)29(30)31/h5-14H,1-4H3. The summed E-state index contributed by atoms with van der Waals surface area (Å²) in [5.41, 5.74) is 8.39. The summed E-state index contributed by atoms with van der Waals surface area (Å²) in [7, 11) is 0. The molecule has 6 heteroatoms. The van der Waals surface area contributed by atoms with Crippen molar-refractivity contribution in [2.45, 2.75) is 27.7 Å². The van der Waals surface area contributed by atoms with Gasteiger partial charge in [-0.1, -0.05) is 29.8 Å². The predicted molar refractivity (Wildman–Crippen MR) is 123 cm³/mol. The van der Waals surface area contributed by atoms with Crippen LogP contribution in [0, 0.1) is 37.8 Å². The highest BCUT2D eigenvalue weighted by Gasteiger charge is 2.19. The van der Waals surface area contributed by atoms with Gasteiger partial charge in [-0.25, -0.2) is 4.52 Å². The number of hydrogen-bond donors (Lipinski definition) is 0. The Morgan fingerprint density at radius 1 is 0.871 bits per heavy atom. The van der Waals surface area contributed by atoms with Gasteiger partial charge >= 0.3 is 0 Å². The largest absolute Gasteiger partial charge is 0.317 e. The molecule has 0 N–H and O–H groups in total. The van der Waals surface area contributed by atoms with Gasteiger partial charge in [0.1, 0.15) is 0 Å². The van der Waals surface area contributed by atoms with E-state index in [-0.39, 0.29) is 10.6 Å². The molecule has 154 valence electrons. The van der Waals surface area contributed by atoms with Crippen LogP contribution in [0.1, 0.15) is 22.6 Å². The van der Waals surface area contributed by atoms with Gasteiger partial charge in [0.15, 0.2) is 0 Å². The van der Waals surface area contributed by atoms with Crippen molar-refractivity contribution in [1.29, 1.82) is 0 Å². The molecule has 0 fully saturated rings. The van der Waals surface area contributed by atoms with Crippen LogP contribution in [0.4, 0.5) is 5.69 Å². The number of fused-ring (bicyclic) bond motifs is 3. The van der Waals surface area contributed by atoms with Crippen LogP contribution < -0.4 is 0 Å². The minimum absolute atomic E-state index is 0.0830. The van der Waals surface area contributed by atoms with Crippen LogP contribution in [0.3, 0.4) is 0 Å². The molecule has 0 aliphatic rings. The Morgan fingerprint density at radius 2 is 1.58 bits per heavy atom. The first-order chi connectivity index (χ1) is 14.8. The second-order valence-corrected chi connectivity index (χ2v) is 8.04. The van der Waals surface area contributed by atoms with Crippen molar-refractivity contribution in [3.05, 3.63) is 93.6 Å². The van der Waals surface area contributed by atoms with E-state index in [1.165, 1.54) is 11.6 Å². The first-order valence-electron chi connectivity index (χ1n) is 10.2. The van der Waals surface area contributed by atoms with Gasteiger partial charge in [0.2, 0.25) is 0 Å². The Morgan fingerprint density at radius 3 is 2.29 bits per heavy atom. The van der Waals surface area contributed by atoms with Crippen LogP contribution in [0.15, 0.2) is 60.8 Å². The molecule has 0 spiro atoms. The van der Waals surface area contributed by atoms with Gasteiger partial charge in [-0.2, -0.15) is 5.10 Å². The zero-order valence-corrected chi connectivity index (χ0v) is 17.9. The smallest absolute Gasteiger partial charge is 0.270 e. The molecule has 5 aromatic rings. The maximum atomic E-state index is 11.2. The Bertz CT molecular complexity index is 1490. The van der Waals surface area contributed by atoms with Gasteiger partial charge in [-0.05, 0) is 51.5 Å². The molecule has 0 amide bonds. The molecule has 0 unspecified atom stereocenters. The van der Waals surface area contributed by atoms with Gasteiger partial charge in [0.25, 0.3) is 5.69 Å². The van der Waals surface area contributed by atoms with Crippen molar-refractivity contribution in [3.63, 3.8) is 0 Å². The van der Waals surface area contributed by atoms with E-state index in [0.717, 1.165) is 50.2 Å². The quantitative estimate of drug-likeness (QED) is 0.267. The van der Waals surface area contributed by atoms with Crippen LogP contribution in [-0.2, 0) is 0 Å². The summed E-state index contributed by atoms with van der Waals surface area (Å²) in [6.45, 7) is 8.38. The monoisotopic (exact) mass is 410 g/mol. The number of nitro benzene ring substituents is 1. The van der Waals surface area contributed by atoms with Crippen molar-refractivity contribution < 1.29 is 4.92 Å². The summed E-state index contributed by atoms with van der Waals surface area (Å²) in [5.74, 6) is 0. The van der Waals surface area contributed by atoms with Crippen LogP contribution in [0.5, 0.6) is 0 Å². The third-order valence-corrected chi connectivity index (χ3v) is 6.00. The van der Waals surface area contributed by atoms with Gasteiger partial charge in [-0.15, -0.1) is 0 Å². The molecule has 0 atom stereocenters. The number of non-ortho nitro benzene ring substituents is 1. The summed E-state index contributed by atoms with van der Waals surface area (Å²) < 4.78 is 4.16. The van der Waals surface area contributed by atoms with Crippen molar-refractivity contribution in [1.82, 2.24) is 14.2 Å². The lowest BCUT2D eigenvalue weighted by molar-refractivity contribution is -0.384. The van der Waals surface area contributed by atoms with Crippen molar-refractivity contribution in [2.24, 2.45) is 0 Å². The van der Waals surface area contributed by atoms with E-state index in [2.05, 4.69) is 55.7 Å². The SMILES string of the molecule is Cc1ccc(-n2c(C)c3c(C)nn4cc(-c5cccc([N+](=O)[O-])c5)cc4c3c2C)cc1. The molecule has 3 aromatic heterocycles. The van der Waals surface area contributed by atoms with Crippen LogP contribution >= 0.6 is 0 Å². The molecule has 0 saturated carbocycles. The summed E-state index contributed by atoms with van der Waals surface area (Å²) in [6, 6.07) is 17.3. The predicted octanol–water partition coefficient (Wildman–Crippen LogP) is 6.09. The van der Waals surface area contributed by atoms with Gasteiger partial charge in [0.05, 0.1) is 16.1 Å². The highest BCUT2D eigenvalue weighted by molar-refractivity contribution is 6.03. The molecular formula is C25H22N4O2. The third-order valence-electron chi connectivity index (χ3n) is 6.00. The summed E-state index contributed by atoms with van der Waals surface area (Å²) in [6.07, 6.45) is 1.94. The Kier molecular flexibility index (Phi) is 4.18. The zero-order valence-electron chi connectivity index (χ0n) is 17.9. The number of benzene rings is 2. The molecule has 31 heavy (non-hydrogen) atoms. The molecule has 0 aliphatic heterocycles. The second kappa shape index (κ2) is 6.80. The highest BCUT2D eigenvalue weighted by atomic mass is 16.6. The number of nitro groups is 1. The number of hydrogen-bond acceptors (Lipinski definition) is 3. The van der Waals surface area contributed by atoms with E-state index >= 15 is 0 Å². The van der Waals surface area contributed by atoms with Crippen LogP contribution in [0.2, 0.25) is 0 Å². The first kappa shape index (κ1) is 19.1. The number of aryl methyl sites for hydroxylation is 4.